The number of hydrogen-bond acceptors (Lipinski definition) is 2. The van der Waals surface area contributed by atoms with Gasteiger partial charge in [-0.3, -0.25) is 9.59 Å². The van der Waals surface area contributed by atoms with Crippen LogP contribution in [0.2, 0.25) is 0 Å². The number of hydrogen-bond donors (Lipinski definition) is 0. The van der Waals surface area contributed by atoms with Crippen molar-refractivity contribution in [3.05, 3.63) is 71.3 Å². The van der Waals surface area contributed by atoms with Crippen LogP contribution >= 0.6 is 0 Å². The van der Waals surface area contributed by atoms with Gasteiger partial charge in [-0.1, -0.05) is 36.4 Å². The molecule has 0 unspecified atom stereocenters. The van der Waals surface area contributed by atoms with Crippen molar-refractivity contribution in [1.29, 1.82) is 0 Å². The van der Waals surface area contributed by atoms with Gasteiger partial charge in [0.25, 0.3) is 0 Å². The van der Waals surface area contributed by atoms with Crippen molar-refractivity contribution >= 4 is 11.8 Å². The number of benzene rings is 2. The number of likely N-dealkylation sites (N-methyl/N-ethyl adjacent to an activating group) is 1. The second kappa shape index (κ2) is 8.09. The molecule has 1 heterocycles. The Morgan fingerprint density at radius 2 is 1.71 bits per heavy atom. The summed E-state index contributed by atoms with van der Waals surface area (Å²) in [6.45, 7) is 2.57. The molecule has 2 amide bonds. The third kappa shape index (κ3) is 3.91. The maximum absolute atomic E-state index is 14.1. The maximum atomic E-state index is 14.1. The van der Waals surface area contributed by atoms with E-state index in [-0.39, 0.29) is 23.9 Å². The predicted molar refractivity (Wildman–Crippen MR) is 102 cm³/mol. The lowest BCUT2D eigenvalue weighted by molar-refractivity contribution is -0.141. The van der Waals surface area contributed by atoms with Gasteiger partial charge >= 0.3 is 0 Å². The SMILES string of the molecule is CC(=O)N1CCC(C(=O)N(C)Cc2ccc(F)cc2F)(c2ccccc2)CC1. The summed E-state index contributed by atoms with van der Waals surface area (Å²) in [6, 6.07) is 12.9. The summed E-state index contributed by atoms with van der Waals surface area (Å²) in [5, 5.41) is 0. The Morgan fingerprint density at radius 3 is 2.29 bits per heavy atom. The highest BCUT2D eigenvalue weighted by Crippen LogP contribution is 2.37. The van der Waals surface area contributed by atoms with E-state index < -0.39 is 17.0 Å². The second-order valence-electron chi connectivity index (χ2n) is 7.35. The van der Waals surface area contributed by atoms with E-state index >= 15 is 0 Å². The Balaban J connectivity index is 1.87. The van der Waals surface area contributed by atoms with Gasteiger partial charge in [0.15, 0.2) is 0 Å². The molecule has 0 atom stereocenters. The third-order valence-corrected chi connectivity index (χ3v) is 5.57. The largest absolute Gasteiger partial charge is 0.343 e. The number of carbonyl (C=O) groups is 2. The normalized spacial score (nSPS) is 15.9. The van der Waals surface area contributed by atoms with Crippen molar-refractivity contribution in [3.8, 4) is 0 Å². The van der Waals surface area contributed by atoms with Crippen molar-refractivity contribution in [3.63, 3.8) is 0 Å². The first-order chi connectivity index (χ1) is 13.3. The highest BCUT2D eigenvalue weighted by atomic mass is 19.1. The highest BCUT2D eigenvalue weighted by molar-refractivity contribution is 5.88. The zero-order valence-electron chi connectivity index (χ0n) is 16.1. The van der Waals surface area contributed by atoms with E-state index in [0.717, 1.165) is 11.6 Å². The van der Waals surface area contributed by atoms with Crippen molar-refractivity contribution in [1.82, 2.24) is 9.80 Å². The van der Waals surface area contributed by atoms with E-state index in [1.165, 1.54) is 24.0 Å². The zero-order chi connectivity index (χ0) is 20.3. The van der Waals surface area contributed by atoms with Gasteiger partial charge in [0.2, 0.25) is 11.8 Å². The quantitative estimate of drug-likeness (QED) is 0.807. The van der Waals surface area contributed by atoms with E-state index in [1.807, 2.05) is 30.3 Å². The first-order valence-corrected chi connectivity index (χ1v) is 9.34. The number of amides is 2. The lowest BCUT2D eigenvalue weighted by Crippen LogP contribution is -2.52. The summed E-state index contributed by atoms with van der Waals surface area (Å²) in [7, 11) is 1.63. The maximum Gasteiger partial charge on any atom is 0.233 e. The fourth-order valence-corrected chi connectivity index (χ4v) is 3.93. The molecule has 28 heavy (non-hydrogen) atoms. The number of piperidine rings is 1. The molecule has 1 fully saturated rings. The van der Waals surface area contributed by atoms with Crippen LogP contribution in [0.4, 0.5) is 8.78 Å². The van der Waals surface area contributed by atoms with E-state index in [9.17, 15) is 18.4 Å². The van der Waals surface area contributed by atoms with Crippen LogP contribution in [0.3, 0.4) is 0 Å². The fraction of sp³-hybridized carbons (Fsp3) is 0.364. The summed E-state index contributed by atoms with van der Waals surface area (Å²) in [5.74, 6) is -1.44. The summed E-state index contributed by atoms with van der Waals surface area (Å²) in [4.78, 5) is 28.5. The van der Waals surface area contributed by atoms with Crippen molar-refractivity contribution in [2.45, 2.75) is 31.7 Å². The van der Waals surface area contributed by atoms with Crippen LogP contribution in [0.1, 0.15) is 30.9 Å². The Bertz CT molecular complexity index is 862. The van der Waals surface area contributed by atoms with Crippen LogP contribution in [0.5, 0.6) is 0 Å². The molecular formula is C22H24F2N2O2. The fourth-order valence-electron chi connectivity index (χ4n) is 3.93. The standard InChI is InChI=1S/C22H24F2N2O2/c1-16(27)26-12-10-22(11-13-26,18-6-4-3-5-7-18)21(28)25(2)15-17-8-9-19(23)14-20(17)24/h3-9,14H,10-13,15H2,1-2H3. The minimum absolute atomic E-state index is 0.00384. The Morgan fingerprint density at radius 1 is 1.07 bits per heavy atom. The van der Waals surface area contributed by atoms with E-state index in [1.54, 1.807) is 11.9 Å². The smallest absolute Gasteiger partial charge is 0.233 e. The average molecular weight is 386 g/mol. The third-order valence-electron chi connectivity index (χ3n) is 5.57. The van der Waals surface area contributed by atoms with Crippen molar-refractivity contribution in [2.75, 3.05) is 20.1 Å². The number of nitrogens with zero attached hydrogens (tertiary/aromatic N) is 2. The highest BCUT2D eigenvalue weighted by Gasteiger charge is 2.44. The summed E-state index contributed by atoms with van der Waals surface area (Å²) in [5.41, 5.74) is 0.398. The van der Waals surface area contributed by atoms with Crippen molar-refractivity contribution < 1.29 is 18.4 Å². The van der Waals surface area contributed by atoms with E-state index in [0.29, 0.717) is 25.9 Å². The molecule has 0 spiro atoms. The number of carbonyl (C=O) groups excluding carboxylic acids is 2. The molecule has 2 aromatic carbocycles. The minimum Gasteiger partial charge on any atom is -0.343 e. The topological polar surface area (TPSA) is 40.6 Å². The molecule has 3 rings (SSSR count). The second-order valence-corrected chi connectivity index (χ2v) is 7.35. The molecule has 1 aliphatic rings. The van der Waals surface area contributed by atoms with Crippen LogP contribution in [0.25, 0.3) is 0 Å². The van der Waals surface area contributed by atoms with Gasteiger partial charge in [0, 0.05) is 45.2 Å². The van der Waals surface area contributed by atoms with Gasteiger partial charge in [-0.15, -0.1) is 0 Å². The molecule has 0 bridgehead atoms. The Kier molecular flexibility index (Phi) is 5.77. The molecule has 4 nitrogen and oxygen atoms in total. The summed E-state index contributed by atoms with van der Waals surface area (Å²) >= 11 is 0. The number of rotatable bonds is 4. The first kappa shape index (κ1) is 20.0. The number of likely N-dealkylation sites (tertiary alicyclic amines) is 1. The lowest BCUT2D eigenvalue weighted by atomic mass is 9.71. The molecule has 0 aliphatic carbocycles. The van der Waals surface area contributed by atoms with Crippen LogP contribution < -0.4 is 0 Å². The average Bonchev–Trinajstić information content (AvgIpc) is 2.70. The van der Waals surface area contributed by atoms with Gasteiger partial charge < -0.3 is 9.80 Å². The molecule has 1 saturated heterocycles. The molecule has 0 saturated carbocycles. The molecule has 1 aliphatic heterocycles. The summed E-state index contributed by atoms with van der Waals surface area (Å²) in [6.07, 6.45) is 1.01. The van der Waals surface area contributed by atoms with Crippen LogP contribution in [-0.2, 0) is 21.5 Å². The van der Waals surface area contributed by atoms with E-state index in [2.05, 4.69) is 0 Å². The summed E-state index contributed by atoms with van der Waals surface area (Å²) < 4.78 is 27.2. The molecule has 2 aromatic rings. The van der Waals surface area contributed by atoms with Crippen LogP contribution in [-0.4, -0.2) is 41.8 Å². The lowest BCUT2D eigenvalue weighted by Gasteiger charge is -2.42. The molecular weight excluding hydrogens is 362 g/mol. The molecule has 0 radical (unpaired) electrons. The molecule has 6 heteroatoms. The molecule has 0 aromatic heterocycles. The Hall–Kier alpha value is -2.76. The van der Waals surface area contributed by atoms with Gasteiger partial charge in [-0.2, -0.15) is 0 Å². The van der Waals surface area contributed by atoms with E-state index in [4.69, 9.17) is 0 Å². The van der Waals surface area contributed by atoms with Crippen LogP contribution in [0.15, 0.2) is 48.5 Å². The zero-order valence-corrected chi connectivity index (χ0v) is 16.1. The van der Waals surface area contributed by atoms with Crippen molar-refractivity contribution in [2.24, 2.45) is 0 Å². The molecule has 148 valence electrons. The Labute approximate surface area is 163 Å². The monoisotopic (exact) mass is 386 g/mol. The number of halogens is 2. The van der Waals surface area contributed by atoms with Gasteiger partial charge in [-0.05, 0) is 24.5 Å². The predicted octanol–water partition coefficient (Wildman–Crippen LogP) is 3.50. The van der Waals surface area contributed by atoms with Crippen LogP contribution in [0, 0.1) is 11.6 Å². The minimum atomic E-state index is -0.765. The molecule has 0 N–H and O–H groups in total. The van der Waals surface area contributed by atoms with Gasteiger partial charge in [0.05, 0.1) is 5.41 Å². The van der Waals surface area contributed by atoms with Gasteiger partial charge in [0.1, 0.15) is 11.6 Å². The van der Waals surface area contributed by atoms with Gasteiger partial charge in [-0.25, -0.2) is 8.78 Å². The first-order valence-electron chi connectivity index (χ1n) is 9.34.